The predicted molar refractivity (Wildman–Crippen MR) is 73.2 cm³/mol. The van der Waals surface area contributed by atoms with Crippen molar-refractivity contribution in [2.45, 2.75) is 57.2 Å². The SMILES string of the molecule is CSC1(Cn2c(C)ccc2C)CCCCC1. The minimum atomic E-state index is 0.507. The third kappa shape index (κ3) is 2.32. The van der Waals surface area contributed by atoms with Gasteiger partial charge >= 0.3 is 0 Å². The highest BCUT2D eigenvalue weighted by atomic mass is 32.2. The molecule has 0 radical (unpaired) electrons. The van der Waals surface area contributed by atoms with Crippen molar-refractivity contribution < 1.29 is 0 Å². The Morgan fingerprint density at radius 1 is 1.12 bits per heavy atom. The molecule has 1 aliphatic rings. The summed E-state index contributed by atoms with van der Waals surface area (Å²) in [5, 5.41) is 0. The standard InChI is InChI=1S/C14H23NS/c1-12-7-8-13(2)15(12)11-14(16-3)9-5-4-6-10-14/h7-8H,4-6,9-11H2,1-3H3. The van der Waals surface area contributed by atoms with E-state index >= 15 is 0 Å². The fourth-order valence-electron chi connectivity index (χ4n) is 2.86. The quantitative estimate of drug-likeness (QED) is 0.764. The van der Waals surface area contributed by atoms with E-state index in [9.17, 15) is 0 Å². The smallest absolute Gasteiger partial charge is 0.0372 e. The zero-order valence-corrected chi connectivity index (χ0v) is 11.6. The van der Waals surface area contributed by atoms with Gasteiger partial charge in [0.2, 0.25) is 0 Å². The summed E-state index contributed by atoms with van der Waals surface area (Å²) >= 11 is 2.09. The van der Waals surface area contributed by atoms with Crippen molar-refractivity contribution in [1.82, 2.24) is 4.57 Å². The van der Waals surface area contributed by atoms with Crippen LogP contribution in [0.4, 0.5) is 0 Å². The molecular formula is C14H23NS. The molecule has 1 heterocycles. The van der Waals surface area contributed by atoms with E-state index in [-0.39, 0.29) is 0 Å². The summed E-state index contributed by atoms with van der Waals surface area (Å²) in [7, 11) is 0. The molecule has 0 spiro atoms. The molecule has 0 aliphatic heterocycles. The van der Waals surface area contributed by atoms with E-state index in [1.54, 1.807) is 0 Å². The Kier molecular flexibility index (Phi) is 3.68. The van der Waals surface area contributed by atoms with Crippen LogP contribution in [0.2, 0.25) is 0 Å². The number of hydrogen-bond acceptors (Lipinski definition) is 1. The largest absolute Gasteiger partial charge is 0.348 e. The molecule has 0 N–H and O–H groups in total. The number of rotatable bonds is 3. The van der Waals surface area contributed by atoms with Crippen molar-refractivity contribution in [1.29, 1.82) is 0 Å². The van der Waals surface area contributed by atoms with Crippen LogP contribution in [0.15, 0.2) is 12.1 Å². The minimum Gasteiger partial charge on any atom is -0.348 e. The Labute approximate surface area is 104 Å². The molecule has 1 nitrogen and oxygen atoms in total. The monoisotopic (exact) mass is 237 g/mol. The van der Waals surface area contributed by atoms with Crippen LogP contribution in [0.1, 0.15) is 43.5 Å². The highest BCUT2D eigenvalue weighted by Gasteiger charge is 2.31. The van der Waals surface area contributed by atoms with E-state index in [1.807, 2.05) is 0 Å². The van der Waals surface area contributed by atoms with Gasteiger partial charge in [-0.05, 0) is 45.1 Å². The van der Waals surface area contributed by atoms with Gasteiger partial charge in [0.1, 0.15) is 0 Å². The lowest BCUT2D eigenvalue weighted by atomic mass is 9.88. The second-order valence-electron chi connectivity index (χ2n) is 5.15. The van der Waals surface area contributed by atoms with Crippen molar-refractivity contribution in [3.05, 3.63) is 23.5 Å². The van der Waals surface area contributed by atoms with Crippen LogP contribution in [0, 0.1) is 13.8 Å². The van der Waals surface area contributed by atoms with E-state index in [2.05, 4.69) is 48.6 Å². The van der Waals surface area contributed by atoms with E-state index in [1.165, 1.54) is 50.0 Å². The summed E-state index contributed by atoms with van der Waals surface area (Å²) < 4.78 is 3.01. The summed E-state index contributed by atoms with van der Waals surface area (Å²) in [6.07, 6.45) is 9.35. The van der Waals surface area contributed by atoms with Crippen LogP contribution in [0.25, 0.3) is 0 Å². The highest BCUT2D eigenvalue weighted by Crippen LogP contribution is 2.40. The normalized spacial score (nSPS) is 19.9. The maximum Gasteiger partial charge on any atom is 0.0372 e. The molecule has 2 heteroatoms. The molecule has 0 unspecified atom stereocenters. The van der Waals surface area contributed by atoms with Crippen LogP contribution in [-0.2, 0) is 6.54 Å². The Bertz CT molecular complexity index is 328. The Hall–Kier alpha value is -0.370. The highest BCUT2D eigenvalue weighted by molar-refractivity contribution is 8.00. The first-order valence-corrected chi connectivity index (χ1v) is 7.57. The lowest BCUT2D eigenvalue weighted by Gasteiger charge is -2.37. The van der Waals surface area contributed by atoms with Crippen molar-refractivity contribution in [3.63, 3.8) is 0 Å². The summed E-state index contributed by atoms with van der Waals surface area (Å²) in [6.45, 7) is 5.66. The van der Waals surface area contributed by atoms with Crippen molar-refractivity contribution >= 4 is 11.8 Å². The van der Waals surface area contributed by atoms with Gasteiger partial charge in [0.25, 0.3) is 0 Å². The van der Waals surface area contributed by atoms with Crippen molar-refractivity contribution in [2.24, 2.45) is 0 Å². The zero-order chi connectivity index (χ0) is 11.6. The first-order valence-electron chi connectivity index (χ1n) is 6.35. The van der Waals surface area contributed by atoms with Crippen molar-refractivity contribution in [2.75, 3.05) is 6.26 Å². The van der Waals surface area contributed by atoms with E-state index in [4.69, 9.17) is 0 Å². The first-order chi connectivity index (χ1) is 7.67. The van der Waals surface area contributed by atoms with Gasteiger partial charge in [-0.15, -0.1) is 0 Å². The van der Waals surface area contributed by atoms with Gasteiger partial charge in [-0.25, -0.2) is 0 Å². The van der Waals surface area contributed by atoms with Crippen molar-refractivity contribution in [3.8, 4) is 0 Å². The lowest BCUT2D eigenvalue weighted by Crippen LogP contribution is -2.33. The van der Waals surface area contributed by atoms with E-state index in [0.29, 0.717) is 4.75 Å². The molecule has 1 fully saturated rings. The molecule has 1 aliphatic carbocycles. The maximum atomic E-state index is 2.50. The molecular weight excluding hydrogens is 214 g/mol. The third-order valence-electron chi connectivity index (χ3n) is 4.06. The Morgan fingerprint density at radius 2 is 1.69 bits per heavy atom. The summed E-state index contributed by atoms with van der Waals surface area (Å²) in [6, 6.07) is 4.48. The third-order valence-corrected chi connectivity index (χ3v) is 5.46. The van der Waals surface area contributed by atoms with Gasteiger partial charge in [-0.3, -0.25) is 0 Å². The number of nitrogens with zero attached hydrogens (tertiary/aromatic N) is 1. The fourth-order valence-corrected chi connectivity index (χ4v) is 3.81. The predicted octanol–water partition coefficient (Wildman–Crippen LogP) is 4.17. The summed E-state index contributed by atoms with van der Waals surface area (Å²) in [4.78, 5) is 0. The second-order valence-corrected chi connectivity index (χ2v) is 6.42. The van der Waals surface area contributed by atoms with Crippen LogP contribution < -0.4 is 0 Å². The van der Waals surface area contributed by atoms with Gasteiger partial charge in [0, 0.05) is 22.7 Å². The van der Waals surface area contributed by atoms with Crippen LogP contribution in [0.3, 0.4) is 0 Å². The number of hydrogen-bond donors (Lipinski definition) is 0. The topological polar surface area (TPSA) is 4.93 Å². The van der Waals surface area contributed by atoms with Gasteiger partial charge in [0.15, 0.2) is 0 Å². The van der Waals surface area contributed by atoms with Gasteiger partial charge in [-0.2, -0.15) is 11.8 Å². The molecule has 1 aromatic rings. The zero-order valence-electron chi connectivity index (χ0n) is 10.8. The fraction of sp³-hybridized carbons (Fsp3) is 0.714. The summed E-state index contributed by atoms with van der Waals surface area (Å²) in [5.41, 5.74) is 2.83. The molecule has 2 rings (SSSR count). The molecule has 0 saturated heterocycles. The number of aryl methyl sites for hydroxylation is 2. The molecule has 0 aromatic carbocycles. The first kappa shape index (κ1) is 12.1. The molecule has 0 bridgehead atoms. The average molecular weight is 237 g/mol. The summed E-state index contributed by atoms with van der Waals surface area (Å²) in [5.74, 6) is 0. The van der Waals surface area contributed by atoms with E-state index < -0.39 is 0 Å². The van der Waals surface area contributed by atoms with Crippen LogP contribution in [0.5, 0.6) is 0 Å². The molecule has 1 saturated carbocycles. The molecule has 90 valence electrons. The van der Waals surface area contributed by atoms with Gasteiger partial charge in [0.05, 0.1) is 0 Å². The Morgan fingerprint density at radius 3 is 2.19 bits per heavy atom. The Balaban J connectivity index is 2.17. The van der Waals surface area contributed by atoms with Crippen LogP contribution in [-0.4, -0.2) is 15.6 Å². The average Bonchev–Trinajstić information content (AvgIpc) is 2.62. The second kappa shape index (κ2) is 4.87. The van der Waals surface area contributed by atoms with Gasteiger partial charge < -0.3 is 4.57 Å². The lowest BCUT2D eigenvalue weighted by molar-refractivity contribution is 0.354. The molecule has 1 aromatic heterocycles. The molecule has 16 heavy (non-hydrogen) atoms. The maximum absolute atomic E-state index is 2.50. The van der Waals surface area contributed by atoms with Gasteiger partial charge in [-0.1, -0.05) is 19.3 Å². The number of aromatic nitrogens is 1. The molecule has 0 atom stereocenters. The van der Waals surface area contributed by atoms with Crippen LogP contribution >= 0.6 is 11.8 Å². The van der Waals surface area contributed by atoms with E-state index in [0.717, 1.165) is 0 Å². The number of thioether (sulfide) groups is 1. The molecule has 0 amide bonds. The minimum absolute atomic E-state index is 0.507.